The van der Waals surface area contributed by atoms with E-state index in [9.17, 15) is 0 Å². The molecule has 0 spiro atoms. The third-order valence-electron chi connectivity index (χ3n) is 4.15. The zero-order chi connectivity index (χ0) is 13.5. The van der Waals surface area contributed by atoms with Crippen LogP contribution >= 0.6 is 0 Å². The molecule has 2 rings (SSSR count). The lowest BCUT2D eigenvalue weighted by atomic mass is 9.83. The van der Waals surface area contributed by atoms with Gasteiger partial charge in [0.15, 0.2) is 0 Å². The zero-order valence-corrected chi connectivity index (χ0v) is 12.3. The molecule has 1 saturated carbocycles. The molecule has 4 heteroatoms. The molecule has 1 aliphatic carbocycles. The van der Waals surface area contributed by atoms with Crippen LogP contribution in [0.25, 0.3) is 0 Å². The fourth-order valence-corrected chi connectivity index (χ4v) is 2.80. The van der Waals surface area contributed by atoms with Crippen LogP contribution in [0.4, 0.5) is 5.95 Å². The molecular weight excluding hydrogens is 238 g/mol. The third-order valence-corrected chi connectivity index (χ3v) is 4.15. The van der Waals surface area contributed by atoms with Crippen molar-refractivity contribution in [3.05, 3.63) is 12.4 Å². The topological polar surface area (TPSA) is 39.1 Å². The van der Waals surface area contributed by atoms with E-state index in [2.05, 4.69) is 21.8 Å². The van der Waals surface area contributed by atoms with E-state index in [1.807, 2.05) is 12.4 Å². The van der Waals surface area contributed by atoms with Crippen LogP contribution < -0.4 is 5.32 Å². The fourth-order valence-electron chi connectivity index (χ4n) is 2.80. The van der Waals surface area contributed by atoms with Crippen molar-refractivity contribution in [2.24, 2.45) is 11.8 Å². The Morgan fingerprint density at radius 3 is 2.89 bits per heavy atom. The summed E-state index contributed by atoms with van der Waals surface area (Å²) in [6.07, 6.45) is 10.4. The SMILES string of the molecule is COCCCn1ccnc1NCC1CCC(C)CC1. The predicted molar refractivity (Wildman–Crippen MR) is 78.3 cm³/mol. The Bertz CT molecular complexity index is 356. The van der Waals surface area contributed by atoms with Crippen LogP contribution in [0.15, 0.2) is 12.4 Å². The lowest BCUT2D eigenvalue weighted by Gasteiger charge is -2.26. The molecule has 1 fully saturated rings. The van der Waals surface area contributed by atoms with Gasteiger partial charge in [0.25, 0.3) is 0 Å². The van der Waals surface area contributed by atoms with E-state index in [1.54, 1.807) is 7.11 Å². The van der Waals surface area contributed by atoms with Crippen molar-refractivity contribution in [1.82, 2.24) is 9.55 Å². The normalized spacial score (nSPS) is 23.5. The van der Waals surface area contributed by atoms with E-state index < -0.39 is 0 Å². The highest BCUT2D eigenvalue weighted by Gasteiger charge is 2.18. The number of anilines is 1. The minimum absolute atomic E-state index is 0.804. The molecule has 0 aliphatic heterocycles. The summed E-state index contributed by atoms with van der Waals surface area (Å²) >= 11 is 0. The van der Waals surface area contributed by atoms with E-state index in [0.717, 1.165) is 43.9 Å². The van der Waals surface area contributed by atoms with Gasteiger partial charge in [0.05, 0.1) is 0 Å². The molecule has 0 bridgehead atoms. The first kappa shape index (κ1) is 14.4. The molecule has 108 valence electrons. The maximum atomic E-state index is 5.09. The average Bonchev–Trinajstić information content (AvgIpc) is 2.86. The molecule has 0 radical (unpaired) electrons. The molecule has 1 heterocycles. The summed E-state index contributed by atoms with van der Waals surface area (Å²) < 4.78 is 7.28. The molecule has 0 unspecified atom stereocenters. The lowest BCUT2D eigenvalue weighted by Crippen LogP contribution is -2.21. The average molecular weight is 265 g/mol. The van der Waals surface area contributed by atoms with Gasteiger partial charge in [-0.25, -0.2) is 4.98 Å². The first-order chi connectivity index (χ1) is 9.29. The molecule has 1 aliphatic rings. The van der Waals surface area contributed by atoms with Crippen LogP contribution in [0.5, 0.6) is 0 Å². The Hall–Kier alpha value is -1.03. The van der Waals surface area contributed by atoms with Crippen molar-refractivity contribution in [2.45, 2.75) is 45.6 Å². The largest absolute Gasteiger partial charge is 0.385 e. The van der Waals surface area contributed by atoms with Gasteiger partial charge in [-0.2, -0.15) is 0 Å². The number of aromatic nitrogens is 2. The first-order valence-corrected chi connectivity index (χ1v) is 7.53. The van der Waals surface area contributed by atoms with Crippen LogP contribution in [0.3, 0.4) is 0 Å². The van der Waals surface area contributed by atoms with Crippen molar-refractivity contribution >= 4 is 5.95 Å². The number of imidazole rings is 1. The summed E-state index contributed by atoms with van der Waals surface area (Å²) in [6, 6.07) is 0. The maximum absolute atomic E-state index is 5.09. The number of nitrogens with zero attached hydrogens (tertiary/aromatic N) is 2. The van der Waals surface area contributed by atoms with Gasteiger partial charge in [-0.1, -0.05) is 19.8 Å². The number of rotatable bonds is 7. The van der Waals surface area contributed by atoms with Crippen LogP contribution in [0.2, 0.25) is 0 Å². The molecule has 4 nitrogen and oxygen atoms in total. The van der Waals surface area contributed by atoms with Gasteiger partial charge < -0.3 is 14.6 Å². The second kappa shape index (κ2) is 7.53. The summed E-state index contributed by atoms with van der Waals surface area (Å²) in [6.45, 7) is 5.20. The van der Waals surface area contributed by atoms with Crippen molar-refractivity contribution in [1.29, 1.82) is 0 Å². The number of hydrogen-bond acceptors (Lipinski definition) is 3. The Labute approximate surface area is 116 Å². The lowest BCUT2D eigenvalue weighted by molar-refractivity contribution is 0.190. The molecular formula is C15H27N3O. The van der Waals surface area contributed by atoms with Crippen molar-refractivity contribution < 1.29 is 4.74 Å². The maximum Gasteiger partial charge on any atom is 0.202 e. The number of ether oxygens (including phenoxy) is 1. The van der Waals surface area contributed by atoms with Gasteiger partial charge in [-0.05, 0) is 31.1 Å². The smallest absolute Gasteiger partial charge is 0.202 e. The monoisotopic (exact) mass is 265 g/mol. The standard InChI is InChI=1S/C15H27N3O/c1-13-4-6-14(7-5-13)12-17-15-16-8-10-18(15)9-3-11-19-2/h8,10,13-14H,3-7,9,11-12H2,1-2H3,(H,16,17). The van der Waals surface area contributed by atoms with Crippen molar-refractivity contribution in [2.75, 3.05) is 25.6 Å². The first-order valence-electron chi connectivity index (χ1n) is 7.53. The highest BCUT2D eigenvalue weighted by molar-refractivity contribution is 5.25. The van der Waals surface area contributed by atoms with Gasteiger partial charge >= 0.3 is 0 Å². The van der Waals surface area contributed by atoms with Gasteiger partial charge in [0.1, 0.15) is 0 Å². The Morgan fingerprint density at radius 2 is 2.16 bits per heavy atom. The number of nitrogens with one attached hydrogen (secondary N) is 1. The van der Waals surface area contributed by atoms with Gasteiger partial charge in [-0.15, -0.1) is 0 Å². The van der Waals surface area contributed by atoms with E-state index in [1.165, 1.54) is 25.7 Å². The predicted octanol–water partition coefficient (Wildman–Crippen LogP) is 3.16. The van der Waals surface area contributed by atoms with E-state index in [0.29, 0.717) is 0 Å². The Morgan fingerprint density at radius 1 is 1.37 bits per heavy atom. The van der Waals surface area contributed by atoms with E-state index in [-0.39, 0.29) is 0 Å². The number of methoxy groups -OCH3 is 1. The second-order valence-corrected chi connectivity index (χ2v) is 5.80. The number of hydrogen-bond donors (Lipinski definition) is 1. The summed E-state index contributed by atoms with van der Waals surface area (Å²) in [5.41, 5.74) is 0. The number of aryl methyl sites for hydroxylation is 1. The molecule has 0 saturated heterocycles. The summed E-state index contributed by atoms with van der Waals surface area (Å²) in [5, 5.41) is 3.52. The summed E-state index contributed by atoms with van der Waals surface area (Å²) in [7, 11) is 1.75. The van der Waals surface area contributed by atoms with E-state index in [4.69, 9.17) is 4.74 Å². The molecule has 0 amide bonds. The molecule has 0 aromatic carbocycles. The highest BCUT2D eigenvalue weighted by Crippen LogP contribution is 2.28. The van der Waals surface area contributed by atoms with Crippen molar-refractivity contribution in [3.63, 3.8) is 0 Å². The minimum atomic E-state index is 0.804. The van der Waals surface area contributed by atoms with Crippen LogP contribution in [-0.4, -0.2) is 29.8 Å². The second-order valence-electron chi connectivity index (χ2n) is 5.80. The minimum Gasteiger partial charge on any atom is -0.385 e. The van der Waals surface area contributed by atoms with E-state index >= 15 is 0 Å². The van der Waals surface area contributed by atoms with Gasteiger partial charge in [0.2, 0.25) is 5.95 Å². The van der Waals surface area contributed by atoms with Gasteiger partial charge in [-0.3, -0.25) is 0 Å². The quantitative estimate of drug-likeness (QED) is 0.770. The summed E-state index contributed by atoms with van der Waals surface area (Å²) in [5.74, 6) is 2.75. The van der Waals surface area contributed by atoms with Crippen LogP contribution in [0.1, 0.15) is 39.0 Å². The van der Waals surface area contributed by atoms with Crippen LogP contribution in [-0.2, 0) is 11.3 Å². The zero-order valence-electron chi connectivity index (χ0n) is 12.3. The molecule has 0 atom stereocenters. The molecule has 1 N–H and O–H groups in total. The van der Waals surface area contributed by atoms with Gasteiger partial charge in [0, 0.05) is 39.2 Å². The highest BCUT2D eigenvalue weighted by atomic mass is 16.5. The molecule has 1 aromatic heterocycles. The van der Waals surface area contributed by atoms with Crippen molar-refractivity contribution in [3.8, 4) is 0 Å². The fraction of sp³-hybridized carbons (Fsp3) is 0.800. The van der Waals surface area contributed by atoms with Crippen LogP contribution in [0, 0.1) is 11.8 Å². The molecule has 19 heavy (non-hydrogen) atoms. The molecule has 1 aromatic rings. The summed E-state index contributed by atoms with van der Waals surface area (Å²) in [4.78, 5) is 4.41. The third kappa shape index (κ3) is 4.53. The Balaban J connectivity index is 1.74. The Kier molecular flexibility index (Phi) is 5.70.